The van der Waals surface area contributed by atoms with Crippen LogP contribution in [-0.2, 0) is 11.8 Å². The Hall–Kier alpha value is -3.36. The van der Waals surface area contributed by atoms with Crippen molar-refractivity contribution in [3.05, 3.63) is 37.1 Å². The lowest BCUT2D eigenvalue weighted by Crippen LogP contribution is -2.14. The van der Waals surface area contributed by atoms with Crippen molar-refractivity contribution in [2.75, 3.05) is 10.6 Å². The summed E-state index contributed by atoms with van der Waals surface area (Å²) in [4.78, 5) is 28.9. The first kappa shape index (κ1) is 15.2. The predicted octanol–water partition coefficient (Wildman–Crippen LogP) is 1.76. The summed E-state index contributed by atoms with van der Waals surface area (Å²) in [5.74, 6) is 1.03. The largest absolute Gasteiger partial charge is 0.321 e. The van der Waals surface area contributed by atoms with Gasteiger partial charge < -0.3 is 10.6 Å². The number of amides is 1. The summed E-state index contributed by atoms with van der Waals surface area (Å²) in [6.07, 6.45) is 10.2. The van der Waals surface area contributed by atoms with Crippen LogP contribution in [0.2, 0.25) is 0 Å². The van der Waals surface area contributed by atoms with Crippen molar-refractivity contribution < 1.29 is 4.79 Å². The summed E-state index contributed by atoms with van der Waals surface area (Å²) in [6.45, 7) is 0. The van der Waals surface area contributed by atoms with E-state index in [0.29, 0.717) is 23.2 Å². The Morgan fingerprint density at radius 3 is 2.72 bits per heavy atom. The topological polar surface area (TPSA) is 111 Å². The molecule has 0 atom stereocenters. The van der Waals surface area contributed by atoms with E-state index in [1.165, 1.54) is 6.20 Å². The summed E-state index contributed by atoms with van der Waals surface area (Å²) in [6, 6.07) is 1.75. The van der Waals surface area contributed by atoms with E-state index >= 15 is 0 Å². The molecule has 1 aliphatic rings. The van der Waals surface area contributed by atoms with Crippen LogP contribution in [0.15, 0.2) is 37.1 Å². The summed E-state index contributed by atoms with van der Waals surface area (Å²) >= 11 is 0. The number of carbonyl (C=O) groups is 1. The van der Waals surface area contributed by atoms with Crippen molar-refractivity contribution in [3.8, 4) is 11.4 Å². The number of hydrogen-bond donors (Lipinski definition) is 2. The highest BCUT2D eigenvalue weighted by atomic mass is 16.2. The SMILES string of the molecule is Cn1cc(Nc2nccc(-c3cnc(NC(=O)C4CC4)cn3)n2)cn1. The zero-order valence-corrected chi connectivity index (χ0v) is 13.5. The van der Waals surface area contributed by atoms with Gasteiger partial charge >= 0.3 is 0 Å². The Bertz CT molecular complexity index is 901. The Morgan fingerprint density at radius 1 is 1.16 bits per heavy atom. The van der Waals surface area contributed by atoms with E-state index in [-0.39, 0.29) is 11.8 Å². The lowest BCUT2D eigenvalue weighted by Gasteiger charge is -2.06. The van der Waals surface area contributed by atoms with Crippen LogP contribution in [0.1, 0.15) is 12.8 Å². The molecule has 0 spiro atoms. The van der Waals surface area contributed by atoms with Crippen LogP contribution in [-0.4, -0.2) is 35.6 Å². The molecule has 9 nitrogen and oxygen atoms in total. The van der Waals surface area contributed by atoms with Gasteiger partial charge in [0.2, 0.25) is 11.9 Å². The van der Waals surface area contributed by atoms with E-state index in [2.05, 4.69) is 35.7 Å². The van der Waals surface area contributed by atoms with Crippen LogP contribution in [0.5, 0.6) is 0 Å². The third kappa shape index (κ3) is 3.60. The first-order valence-electron chi connectivity index (χ1n) is 7.89. The maximum absolute atomic E-state index is 11.7. The van der Waals surface area contributed by atoms with Gasteiger partial charge in [-0.3, -0.25) is 9.48 Å². The van der Waals surface area contributed by atoms with E-state index in [9.17, 15) is 4.79 Å². The van der Waals surface area contributed by atoms with Crippen molar-refractivity contribution in [1.29, 1.82) is 0 Å². The quantitative estimate of drug-likeness (QED) is 0.730. The van der Waals surface area contributed by atoms with E-state index in [1.54, 1.807) is 29.3 Å². The number of anilines is 3. The number of aromatic nitrogens is 6. The number of rotatable bonds is 5. The van der Waals surface area contributed by atoms with E-state index < -0.39 is 0 Å². The van der Waals surface area contributed by atoms with E-state index in [4.69, 9.17) is 0 Å². The van der Waals surface area contributed by atoms with Gasteiger partial charge in [0.15, 0.2) is 5.82 Å². The minimum Gasteiger partial charge on any atom is -0.321 e. The van der Waals surface area contributed by atoms with Gasteiger partial charge in [0, 0.05) is 25.4 Å². The molecular weight excluding hydrogens is 320 g/mol. The molecule has 0 radical (unpaired) electrons. The van der Waals surface area contributed by atoms with Crippen LogP contribution in [0, 0.1) is 5.92 Å². The first-order chi connectivity index (χ1) is 12.2. The maximum atomic E-state index is 11.7. The van der Waals surface area contributed by atoms with Crippen LogP contribution in [0.4, 0.5) is 17.5 Å². The molecule has 0 bridgehead atoms. The molecule has 3 aromatic heterocycles. The Kier molecular flexibility index (Phi) is 3.81. The average Bonchev–Trinajstić information content (AvgIpc) is 3.39. The van der Waals surface area contributed by atoms with Crippen molar-refractivity contribution in [3.63, 3.8) is 0 Å². The van der Waals surface area contributed by atoms with Gasteiger partial charge in [-0.15, -0.1) is 0 Å². The monoisotopic (exact) mass is 336 g/mol. The van der Waals surface area contributed by atoms with Crippen LogP contribution < -0.4 is 10.6 Å². The molecule has 4 rings (SSSR count). The lowest BCUT2D eigenvalue weighted by atomic mass is 10.3. The summed E-state index contributed by atoms with van der Waals surface area (Å²) in [7, 11) is 1.83. The number of aryl methyl sites for hydroxylation is 1. The molecule has 3 heterocycles. The van der Waals surface area contributed by atoms with Gasteiger partial charge in [-0.25, -0.2) is 19.9 Å². The first-order valence-corrected chi connectivity index (χ1v) is 7.89. The van der Waals surface area contributed by atoms with Gasteiger partial charge in [-0.1, -0.05) is 0 Å². The van der Waals surface area contributed by atoms with Crippen molar-refractivity contribution in [1.82, 2.24) is 29.7 Å². The Morgan fingerprint density at radius 2 is 2.04 bits per heavy atom. The zero-order chi connectivity index (χ0) is 17.2. The Labute approximate surface area is 143 Å². The molecule has 1 amide bonds. The third-order valence-corrected chi connectivity index (χ3v) is 3.73. The number of nitrogens with one attached hydrogen (secondary N) is 2. The highest BCUT2D eigenvalue weighted by molar-refractivity contribution is 5.93. The second-order valence-electron chi connectivity index (χ2n) is 5.84. The zero-order valence-electron chi connectivity index (χ0n) is 13.5. The molecule has 126 valence electrons. The number of carbonyl (C=O) groups excluding carboxylic acids is 1. The second kappa shape index (κ2) is 6.27. The normalized spacial score (nSPS) is 13.5. The summed E-state index contributed by atoms with van der Waals surface area (Å²) in [5, 5.41) is 9.93. The smallest absolute Gasteiger partial charge is 0.228 e. The van der Waals surface area contributed by atoms with Crippen molar-refractivity contribution in [2.24, 2.45) is 13.0 Å². The maximum Gasteiger partial charge on any atom is 0.228 e. The van der Waals surface area contributed by atoms with Crippen LogP contribution in [0.3, 0.4) is 0 Å². The van der Waals surface area contributed by atoms with Crippen LogP contribution in [0.25, 0.3) is 11.4 Å². The van der Waals surface area contributed by atoms with Crippen LogP contribution >= 0.6 is 0 Å². The Balaban J connectivity index is 1.49. The van der Waals surface area contributed by atoms with Gasteiger partial charge in [-0.05, 0) is 18.9 Å². The molecule has 25 heavy (non-hydrogen) atoms. The third-order valence-electron chi connectivity index (χ3n) is 3.73. The van der Waals surface area contributed by atoms with Gasteiger partial charge in [0.25, 0.3) is 0 Å². The molecule has 9 heteroatoms. The van der Waals surface area contributed by atoms with E-state index in [0.717, 1.165) is 18.5 Å². The van der Waals surface area contributed by atoms with Gasteiger partial charge in [0.05, 0.1) is 30.0 Å². The minimum absolute atomic E-state index is 0.00652. The molecule has 3 aromatic rings. The lowest BCUT2D eigenvalue weighted by molar-refractivity contribution is -0.117. The standard InChI is InChI=1S/C16H16N8O/c1-24-9-11(6-20-24)21-16-17-5-4-12(22-16)13-7-19-14(8-18-13)23-15(25)10-2-3-10/h4-10H,2-3H2,1H3,(H,17,21,22)(H,19,23,25). The molecule has 2 N–H and O–H groups in total. The molecule has 0 aromatic carbocycles. The molecule has 0 saturated heterocycles. The van der Waals surface area contributed by atoms with E-state index in [1.807, 2.05) is 13.2 Å². The fraction of sp³-hybridized carbons (Fsp3) is 0.250. The molecule has 1 saturated carbocycles. The molecule has 1 aliphatic carbocycles. The fourth-order valence-electron chi connectivity index (χ4n) is 2.28. The minimum atomic E-state index is 0.00652. The van der Waals surface area contributed by atoms with Gasteiger partial charge in [-0.2, -0.15) is 5.10 Å². The second-order valence-corrected chi connectivity index (χ2v) is 5.84. The highest BCUT2D eigenvalue weighted by Crippen LogP contribution is 2.29. The molecule has 0 aliphatic heterocycles. The van der Waals surface area contributed by atoms with Crippen molar-refractivity contribution in [2.45, 2.75) is 12.8 Å². The summed E-state index contributed by atoms with van der Waals surface area (Å²) in [5.41, 5.74) is 2.03. The molecular formula is C16H16N8O. The number of hydrogen-bond acceptors (Lipinski definition) is 7. The summed E-state index contributed by atoms with van der Waals surface area (Å²) < 4.78 is 1.69. The van der Waals surface area contributed by atoms with Gasteiger partial charge in [0.1, 0.15) is 5.69 Å². The average molecular weight is 336 g/mol. The molecule has 0 unspecified atom stereocenters. The predicted molar refractivity (Wildman–Crippen MR) is 90.9 cm³/mol. The highest BCUT2D eigenvalue weighted by Gasteiger charge is 2.29. The van der Waals surface area contributed by atoms with Crippen molar-refractivity contribution >= 4 is 23.4 Å². The molecule has 1 fully saturated rings. The fourth-order valence-corrected chi connectivity index (χ4v) is 2.28. The number of nitrogens with zero attached hydrogens (tertiary/aromatic N) is 6.